The summed E-state index contributed by atoms with van der Waals surface area (Å²) < 4.78 is 5.30. The van der Waals surface area contributed by atoms with Gasteiger partial charge < -0.3 is 10.5 Å². The molecular weight excluding hydrogens is 266 g/mol. The topological polar surface area (TPSA) is 35.2 Å². The lowest BCUT2D eigenvalue weighted by Gasteiger charge is -2.40. The van der Waals surface area contributed by atoms with Crippen LogP contribution in [0.4, 0.5) is 0 Å². The van der Waals surface area contributed by atoms with Gasteiger partial charge in [-0.3, -0.25) is 0 Å². The fraction of sp³-hybridized carbons (Fsp3) is 0.647. The molecule has 2 N–H and O–H groups in total. The van der Waals surface area contributed by atoms with E-state index < -0.39 is 0 Å². The molecule has 0 spiro atoms. The molecule has 2 nitrogen and oxygen atoms in total. The lowest BCUT2D eigenvalue weighted by Crippen LogP contribution is -2.41. The Morgan fingerprint density at radius 1 is 1.25 bits per heavy atom. The normalized spacial score (nSPS) is 27.4. The van der Waals surface area contributed by atoms with Crippen LogP contribution in [0.1, 0.15) is 40.0 Å². The van der Waals surface area contributed by atoms with Crippen LogP contribution in [0.3, 0.4) is 0 Å². The summed E-state index contributed by atoms with van der Waals surface area (Å²) in [7, 11) is 1.71. The second kappa shape index (κ2) is 6.40. The Labute approximate surface area is 127 Å². The Bertz CT molecular complexity index is 441. The molecule has 1 saturated carbocycles. The molecule has 1 fully saturated rings. The van der Waals surface area contributed by atoms with Gasteiger partial charge in [0.05, 0.1) is 7.11 Å². The first-order valence-corrected chi connectivity index (χ1v) is 8.34. The fourth-order valence-electron chi connectivity index (χ4n) is 2.92. The molecule has 0 saturated heterocycles. The zero-order valence-corrected chi connectivity index (χ0v) is 13.9. The van der Waals surface area contributed by atoms with Gasteiger partial charge in [0.25, 0.3) is 0 Å². The lowest BCUT2D eigenvalue weighted by molar-refractivity contribution is 0.174. The van der Waals surface area contributed by atoms with E-state index in [0.29, 0.717) is 16.7 Å². The summed E-state index contributed by atoms with van der Waals surface area (Å²) in [5.74, 6) is 1.69. The number of hydrogen-bond donors (Lipinski definition) is 1. The van der Waals surface area contributed by atoms with Gasteiger partial charge in [-0.2, -0.15) is 0 Å². The summed E-state index contributed by atoms with van der Waals surface area (Å²) in [6.45, 7) is 7.05. The van der Waals surface area contributed by atoms with Gasteiger partial charge in [0.15, 0.2) is 0 Å². The van der Waals surface area contributed by atoms with Gasteiger partial charge in [-0.25, -0.2) is 0 Å². The van der Waals surface area contributed by atoms with Crippen molar-refractivity contribution in [3.05, 3.63) is 24.3 Å². The molecule has 3 heteroatoms. The molecule has 1 aliphatic carbocycles. The molecule has 0 aliphatic heterocycles. The molecule has 2 rings (SSSR count). The molecule has 0 amide bonds. The lowest BCUT2D eigenvalue weighted by atomic mass is 9.71. The Hall–Kier alpha value is -0.670. The van der Waals surface area contributed by atoms with Gasteiger partial charge in [0, 0.05) is 16.2 Å². The Balaban J connectivity index is 2.06. The van der Waals surface area contributed by atoms with E-state index >= 15 is 0 Å². The number of rotatable bonds is 3. The van der Waals surface area contributed by atoms with Crippen molar-refractivity contribution in [1.29, 1.82) is 0 Å². The van der Waals surface area contributed by atoms with Crippen LogP contribution in [-0.2, 0) is 0 Å². The summed E-state index contributed by atoms with van der Waals surface area (Å²) >= 11 is 1.92. The monoisotopic (exact) mass is 293 g/mol. The first-order chi connectivity index (χ1) is 9.40. The number of ether oxygens (including phenoxy) is 1. The average Bonchev–Trinajstić information content (AvgIpc) is 2.40. The van der Waals surface area contributed by atoms with Crippen LogP contribution in [0.5, 0.6) is 5.75 Å². The first kappa shape index (κ1) is 15.7. The maximum atomic E-state index is 6.35. The van der Waals surface area contributed by atoms with Crippen LogP contribution in [0.15, 0.2) is 29.2 Å². The van der Waals surface area contributed by atoms with E-state index in [-0.39, 0.29) is 0 Å². The van der Waals surface area contributed by atoms with Crippen molar-refractivity contribution in [2.24, 2.45) is 17.1 Å². The van der Waals surface area contributed by atoms with Crippen molar-refractivity contribution in [2.45, 2.75) is 56.2 Å². The van der Waals surface area contributed by atoms with Crippen LogP contribution in [0.2, 0.25) is 0 Å². The highest BCUT2D eigenvalue weighted by atomic mass is 32.2. The number of thioether (sulfide) groups is 1. The quantitative estimate of drug-likeness (QED) is 0.901. The minimum absolute atomic E-state index is 0.310. The predicted octanol–water partition coefficient (Wildman–Crippen LogP) is 4.33. The van der Waals surface area contributed by atoms with E-state index in [1.54, 1.807) is 7.11 Å². The highest BCUT2D eigenvalue weighted by Gasteiger charge is 2.34. The molecule has 1 aliphatic rings. The smallest absolute Gasteiger partial charge is 0.119 e. The molecule has 20 heavy (non-hydrogen) atoms. The van der Waals surface area contributed by atoms with Crippen molar-refractivity contribution in [3.8, 4) is 5.75 Å². The SMILES string of the molecule is COc1cccc(SC2CC(C(C)(C)C)CCC2N)c1. The standard InChI is InChI=1S/C17H27NOS/c1-17(2,3)12-8-9-15(18)16(10-12)20-14-7-5-6-13(11-14)19-4/h5-7,11-12,15-16H,8-10,18H2,1-4H3. The van der Waals surface area contributed by atoms with Crippen molar-refractivity contribution in [2.75, 3.05) is 7.11 Å². The second-order valence-corrected chi connectivity index (χ2v) is 8.19. The molecule has 3 atom stereocenters. The van der Waals surface area contributed by atoms with Crippen molar-refractivity contribution >= 4 is 11.8 Å². The van der Waals surface area contributed by atoms with E-state index in [9.17, 15) is 0 Å². The van der Waals surface area contributed by atoms with Gasteiger partial charge in [-0.15, -0.1) is 11.8 Å². The van der Waals surface area contributed by atoms with Crippen LogP contribution < -0.4 is 10.5 Å². The third-order valence-electron chi connectivity index (χ3n) is 4.40. The predicted molar refractivity (Wildman–Crippen MR) is 87.4 cm³/mol. The summed E-state index contributed by atoms with van der Waals surface area (Å²) in [4.78, 5) is 1.26. The van der Waals surface area contributed by atoms with E-state index in [2.05, 4.69) is 39.0 Å². The van der Waals surface area contributed by atoms with Crippen LogP contribution in [-0.4, -0.2) is 18.4 Å². The van der Waals surface area contributed by atoms with E-state index in [4.69, 9.17) is 10.5 Å². The summed E-state index contributed by atoms with van der Waals surface area (Å²) in [6.07, 6.45) is 3.62. The van der Waals surface area contributed by atoms with Gasteiger partial charge in [-0.1, -0.05) is 26.8 Å². The highest BCUT2D eigenvalue weighted by Crippen LogP contribution is 2.43. The molecule has 0 bridgehead atoms. The number of nitrogens with two attached hydrogens (primary N) is 1. The zero-order valence-electron chi connectivity index (χ0n) is 13.1. The van der Waals surface area contributed by atoms with Crippen LogP contribution in [0, 0.1) is 11.3 Å². The molecule has 112 valence electrons. The van der Waals surface area contributed by atoms with Gasteiger partial charge in [0.2, 0.25) is 0 Å². The van der Waals surface area contributed by atoms with Crippen molar-refractivity contribution in [1.82, 2.24) is 0 Å². The molecule has 0 radical (unpaired) electrons. The molecule has 1 aromatic carbocycles. The van der Waals surface area contributed by atoms with E-state index in [0.717, 1.165) is 18.1 Å². The maximum Gasteiger partial charge on any atom is 0.119 e. The third-order valence-corrected chi connectivity index (χ3v) is 5.77. The second-order valence-electron chi connectivity index (χ2n) is 6.88. The van der Waals surface area contributed by atoms with E-state index in [1.165, 1.54) is 17.7 Å². The molecule has 1 aromatic rings. The Morgan fingerprint density at radius 2 is 2.00 bits per heavy atom. The largest absolute Gasteiger partial charge is 0.497 e. The zero-order chi connectivity index (χ0) is 14.8. The molecule has 3 unspecified atom stereocenters. The van der Waals surface area contributed by atoms with Gasteiger partial charge >= 0.3 is 0 Å². The van der Waals surface area contributed by atoms with Crippen molar-refractivity contribution < 1.29 is 4.74 Å². The minimum Gasteiger partial charge on any atom is -0.497 e. The van der Waals surface area contributed by atoms with Crippen molar-refractivity contribution in [3.63, 3.8) is 0 Å². The minimum atomic E-state index is 0.310. The van der Waals surface area contributed by atoms with Crippen LogP contribution in [0.25, 0.3) is 0 Å². The highest BCUT2D eigenvalue weighted by molar-refractivity contribution is 8.00. The molecule has 0 aromatic heterocycles. The Morgan fingerprint density at radius 3 is 2.65 bits per heavy atom. The summed E-state index contributed by atoms with van der Waals surface area (Å²) in [6, 6.07) is 8.61. The molecular formula is C17H27NOS. The average molecular weight is 293 g/mol. The summed E-state index contributed by atoms with van der Waals surface area (Å²) in [5.41, 5.74) is 6.73. The maximum absolute atomic E-state index is 6.35. The summed E-state index contributed by atoms with van der Waals surface area (Å²) in [5, 5.41) is 0.514. The van der Waals surface area contributed by atoms with Crippen LogP contribution >= 0.6 is 11.8 Å². The first-order valence-electron chi connectivity index (χ1n) is 7.46. The fourth-order valence-corrected chi connectivity index (χ4v) is 4.25. The van der Waals surface area contributed by atoms with Gasteiger partial charge in [-0.05, 0) is 48.8 Å². The van der Waals surface area contributed by atoms with E-state index in [1.807, 2.05) is 17.8 Å². The molecule has 0 heterocycles. The van der Waals surface area contributed by atoms with Gasteiger partial charge in [0.1, 0.15) is 5.75 Å². The number of methoxy groups -OCH3 is 1. The number of hydrogen-bond acceptors (Lipinski definition) is 3. The third kappa shape index (κ3) is 3.92. The number of benzene rings is 1. The Kier molecular flexibility index (Phi) is 5.03.